The molecule has 0 aromatic heterocycles. The maximum absolute atomic E-state index is 14.5. The van der Waals surface area contributed by atoms with Crippen molar-refractivity contribution >= 4 is 12.6 Å². The molecule has 0 spiro atoms. The Labute approximate surface area is 126 Å². The Morgan fingerprint density at radius 3 is 2.38 bits per heavy atom. The molecule has 0 atom stereocenters. The van der Waals surface area contributed by atoms with Crippen LogP contribution in [0.4, 0.5) is 4.39 Å². The lowest BCUT2D eigenvalue weighted by Gasteiger charge is -2.32. The van der Waals surface area contributed by atoms with Gasteiger partial charge < -0.3 is 14.2 Å². The molecule has 0 saturated carbocycles. The average molecular weight is 291 g/mol. The van der Waals surface area contributed by atoms with Crippen molar-refractivity contribution in [3.05, 3.63) is 29.1 Å². The number of halogens is 1. The Morgan fingerprint density at radius 2 is 1.76 bits per heavy atom. The predicted octanol–water partition coefficient (Wildman–Crippen LogP) is 2.11. The standard InChI is InChI=1S/C16H23BFNO2/c1-15(2)16(3,4)21-17(20-15)14-12-8-9-19(5)10-11(12)6-7-13(14)18/h6-7H,8-10H2,1-5H3. The van der Waals surface area contributed by atoms with Gasteiger partial charge in [-0.15, -0.1) is 0 Å². The molecule has 3 rings (SSSR count). The highest BCUT2D eigenvalue weighted by atomic mass is 19.1. The van der Waals surface area contributed by atoms with Crippen molar-refractivity contribution in [2.45, 2.75) is 51.9 Å². The van der Waals surface area contributed by atoms with Gasteiger partial charge in [0.25, 0.3) is 0 Å². The van der Waals surface area contributed by atoms with E-state index in [1.165, 1.54) is 5.56 Å². The first-order valence-corrected chi connectivity index (χ1v) is 7.55. The van der Waals surface area contributed by atoms with E-state index in [1.54, 1.807) is 6.07 Å². The summed E-state index contributed by atoms with van der Waals surface area (Å²) in [7, 11) is 1.47. The van der Waals surface area contributed by atoms with Gasteiger partial charge in [0.15, 0.2) is 0 Å². The lowest BCUT2D eigenvalue weighted by molar-refractivity contribution is 0.00578. The molecule has 1 aromatic carbocycles. The Bertz CT molecular complexity index is 558. The summed E-state index contributed by atoms with van der Waals surface area (Å²) in [6, 6.07) is 3.42. The molecule has 114 valence electrons. The zero-order chi connectivity index (χ0) is 15.4. The van der Waals surface area contributed by atoms with Gasteiger partial charge in [-0.25, -0.2) is 4.39 Å². The maximum Gasteiger partial charge on any atom is 0.498 e. The molecule has 21 heavy (non-hydrogen) atoms. The first kappa shape index (κ1) is 15.0. The van der Waals surface area contributed by atoms with Gasteiger partial charge in [-0.1, -0.05) is 6.07 Å². The Kier molecular flexibility index (Phi) is 3.43. The quantitative estimate of drug-likeness (QED) is 0.740. The molecular formula is C16H23BFNO2. The van der Waals surface area contributed by atoms with Crippen LogP contribution < -0.4 is 5.46 Å². The largest absolute Gasteiger partial charge is 0.498 e. The zero-order valence-electron chi connectivity index (χ0n) is 13.5. The van der Waals surface area contributed by atoms with Crippen LogP contribution in [0.25, 0.3) is 0 Å². The van der Waals surface area contributed by atoms with E-state index in [2.05, 4.69) is 11.9 Å². The second kappa shape index (κ2) is 4.80. The molecule has 0 bridgehead atoms. The lowest BCUT2D eigenvalue weighted by atomic mass is 9.72. The van der Waals surface area contributed by atoms with Crippen molar-refractivity contribution in [1.82, 2.24) is 4.90 Å². The monoisotopic (exact) mass is 291 g/mol. The SMILES string of the molecule is CN1CCc2c(ccc(F)c2B2OC(C)(C)C(C)(C)O2)C1. The number of benzene rings is 1. The van der Waals surface area contributed by atoms with Crippen LogP contribution in [0.15, 0.2) is 12.1 Å². The highest BCUT2D eigenvalue weighted by Crippen LogP contribution is 2.37. The van der Waals surface area contributed by atoms with Gasteiger partial charge in [0.2, 0.25) is 0 Å². The molecule has 1 saturated heterocycles. The van der Waals surface area contributed by atoms with Crippen molar-refractivity contribution in [1.29, 1.82) is 0 Å². The number of rotatable bonds is 1. The fraction of sp³-hybridized carbons (Fsp3) is 0.625. The van der Waals surface area contributed by atoms with Gasteiger partial charge in [-0.05, 0) is 58.4 Å². The molecule has 0 radical (unpaired) electrons. The molecule has 1 aromatic rings. The second-order valence-corrected chi connectivity index (χ2v) is 7.17. The highest BCUT2D eigenvalue weighted by Gasteiger charge is 2.53. The fourth-order valence-corrected chi connectivity index (χ4v) is 3.01. The predicted molar refractivity (Wildman–Crippen MR) is 82.2 cm³/mol. The van der Waals surface area contributed by atoms with Gasteiger partial charge >= 0.3 is 7.12 Å². The minimum absolute atomic E-state index is 0.225. The number of likely N-dealkylation sites (N-methyl/N-ethyl adjacent to an activating group) is 1. The summed E-state index contributed by atoms with van der Waals surface area (Å²) in [4.78, 5) is 2.24. The van der Waals surface area contributed by atoms with Crippen LogP contribution in [-0.4, -0.2) is 36.8 Å². The summed E-state index contributed by atoms with van der Waals surface area (Å²) >= 11 is 0. The third-order valence-electron chi connectivity index (χ3n) is 5.07. The number of nitrogens with zero attached hydrogens (tertiary/aromatic N) is 1. The molecule has 0 amide bonds. The summed E-state index contributed by atoms with van der Waals surface area (Å²) in [5, 5.41) is 0. The first-order valence-electron chi connectivity index (χ1n) is 7.55. The van der Waals surface area contributed by atoms with Crippen molar-refractivity contribution in [2.24, 2.45) is 0 Å². The molecule has 0 unspecified atom stereocenters. The van der Waals surface area contributed by atoms with E-state index in [0.29, 0.717) is 5.46 Å². The minimum atomic E-state index is -0.617. The van der Waals surface area contributed by atoms with Crippen LogP contribution in [0.5, 0.6) is 0 Å². The average Bonchev–Trinajstić information content (AvgIpc) is 2.58. The maximum atomic E-state index is 14.5. The van der Waals surface area contributed by atoms with Gasteiger partial charge in [0.1, 0.15) is 5.82 Å². The molecule has 3 nitrogen and oxygen atoms in total. The fourth-order valence-electron chi connectivity index (χ4n) is 3.01. The van der Waals surface area contributed by atoms with Crippen molar-refractivity contribution in [2.75, 3.05) is 13.6 Å². The third kappa shape index (κ3) is 2.41. The number of hydrogen-bond acceptors (Lipinski definition) is 3. The summed E-state index contributed by atoms with van der Waals surface area (Å²) in [5.41, 5.74) is 1.94. The number of hydrogen-bond donors (Lipinski definition) is 0. The van der Waals surface area contributed by atoms with E-state index in [1.807, 2.05) is 33.8 Å². The summed E-state index contributed by atoms with van der Waals surface area (Å²) in [6.45, 7) is 9.76. The van der Waals surface area contributed by atoms with Crippen LogP contribution in [-0.2, 0) is 22.3 Å². The highest BCUT2D eigenvalue weighted by molar-refractivity contribution is 6.62. The molecule has 5 heteroatoms. The van der Waals surface area contributed by atoms with Gasteiger partial charge in [0, 0.05) is 18.6 Å². The Balaban J connectivity index is 2.02. The normalized spacial score (nSPS) is 24.2. The summed E-state index contributed by atoms with van der Waals surface area (Å²) < 4.78 is 26.6. The van der Waals surface area contributed by atoms with Crippen molar-refractivity contribution in [3.63, 3.8) is 0 Å². The smallest absolute Gasteiger partial charge is 0.399 e. The topological polar surface area (TPSA) is 21.7 Å². The minimum Gasteiger partial charge on any atom is -0.399 e. The third-order valence-corrected chi connectivity index (χ3v) is 5.07. The lowest BCUT2D eigenvalue weighted by Crippen LogP contribution is -2.42. The molecule has 1 fully saturated rings. The van der Waals surface area contributed by atoms with Crippen molar-refractivity contribution < 1.29 is 13.7 Å². The van der Waals surface area contributed by atoms with E-state index in [-0.39, 0.29) is 5.82 Å². The second-order valence-electron chi connectivity index (χ2n) is 7.17. The number of fused-ring (bicyclic) bond motifs is 1. The molecule has 2 aliphatic heterocycles. The van der Waals surface area contributed by atoms with Crippen LogP contribution >= 0.6 is 0 Å². The molecular weight excluding hydrogens is 268 g/mol. The van der Waals surface area contributed by atoms with Gasteiger partial charge in [0.05, 0.1) is 11.2 Å². The van der Waals surface area contributed by atoms with E-state index < -0.39 is 18.3 Å². The van der Waals surface area contributed by atoms with Crippen LogP contribution in [0.3, 0.4) is 0 Å². The van der Waals surface area contributed by atoms with Gasteiger partial charge in [-0.3, -0.25) is 0 Å². The van der Waals surface area contributed by atoms with Gasteiger partial charge in [-0.2, -0.15) is 0 Å². The molecule has 0 N–H and O–H groups in total. The van der Waals surface area contributed by atoms with E-state index in [0.717, 1.165) is 25.1 Å². The zero-order valence-corrected chi connectivity index (χ0v) is 13.5. The Morgan fingerprint density at radius 1 is 1.14 bits per heavy atom. The molecule has 0 aliphatic carbocycles. The van der Waals surface area contributed by atoms with Crippen LogP contribution in [0.2, 0.25) is 0 Å². The first-order chi connectivity index (χ1) is 9.71. The summed E-state index contributed by atoms with van der Waals surface area (Å²) in [5.74, 6) is -0.225. The molecule has 2 heterocycles. The summed E-state index contributed by atoms with van der Waals surface area (Å²) in [6.07, 6.45) is 0.836. The van der Waals surface area contributed by atoms with E-state index in [4.69, 9.17) is 9.31 Å². The van der Waals surface area contributed by atoms with Crippen LogP contribution in [0, 0.1) is 5.82 Å². The van der Waals surface area contributed by atoms with Crippen LogP contribution in [0.1, 0.15) is 38.8 Å². The molecule has 2 aliphatic rings. The van der Waals surface area contributed by atoms with E-state index in [9.17, 15) is 4.39 Å². The Hall–Kier alpha value is -0.905. The van der Waals surface area contributed by atoms with E-state index >= 15 is 0 Å². The van der Waals surface area contributed by atoms with Crippen molar-refractivity contribution in [3.8, 4) is 0 Å².